The molecule has 3 rings (SSSR count). The van der Waals surface area contributed by atoms with Crippen molar-refractivity contribution in [2.24, 2.45) is 10.8 Å². The van der Waals surface area contributed by atoms with Crippen molar-refractivity contribution >= 4 is 11.5 Å². The van der Waals surface area contributed by atoms with Crippen LogP contribution in [0.2, 0.25) is 0 Å². The molecule has 2 aromatic carbocycles. The van der Waals surface area contributed by atoms with Gasteiger partial charge in [0, 0.05) is 6.42 Å². The van der Waals surface area contributed by atoms with Crippen LogP contribution in [0.15, 0.2) is 41.4 Å². The summed E-state index contributed by atoms with van der Waals surface area (Å²) in [7, 11) is 3.24. The van der Waals surface area contributed by atoms with Crippen LogP contribution < -0.4 is 25.5 Å². The van der Waals surface area contributed by atoms with Crippen LogP contribution in [0.5, 0.6) is 17.2 Å². The number of hydrogen-bond donors (Lipinski definition) is 2. The minimum atomic E-state index is 0.456. The van der Waals surface area contributed by atoms with Crippen LogP contribution >= 0.6 is 0 Å². The van der Waals surface area contributed by atoms with Gasteiger partial charge in [-0.05, 0) is 47.9 Å². The number of amidine groups is 1. The highest BCUT2D eigenvalue weighted by Gasteiger charge is 2.12. The number of hydrazine groups is 1. The lowest BCUT2D eigenvalue weighted by Gasteiger charge is -2.16. The molecule has 0 aromatic heterocycles. The van der Waals surface area contributed by atoms with Crippen molar-refractivity contribution in [3.8, 4) is 17.2 Å². The maximum atomic E-state index is 5.90. The Balaban J connectivity index is 1.71. The van der Waals surface area contributed by atoms with Gasteiger partial charge in [0.15, 0.2) is 11.5 Å². The molecule has 0 amide bonds. The number of ether oxygens (including phenoxy) is 3. The van der Waals surface area contributed by atoms with Crippen LogP contribution in [0.1, 0.15) is 17.5 Å². The van der Waals surface area contributed by atoms with E-state index in [9.17, 15) is 0 Å². The largest absolute Gasteiger partial charge is 0.493 e. The number of rotatable bonds is 5. The zero-order valence-corrected chi connectivity index (χ0v) is 13.8. The SMILES string of the molecule is COc1ccc(COc2ccc3c(c2)CCC(NN)=N3)cc1OC. The number of benzene rings is 2. The number of aliphatic imine (C=N–C) groups is 1. The van der Waals surface area contributed by atoms with Crippen molar-refractivity contribution in [1.82, 2.24) is 5.43 Å². The summed E-state index contributed by atoms with van der Waals surface area (Å²) in [5, 5.41) is 0. The zero-order valence-electron chi connectivity index (χ0n) is 13.8. The Labute approximate surface area is 141 Å². The van der Waals surface area contributed by atoms with Gasteiger partial charge in [0.05, 0.1) is 19.9 Å². The maximum absolute atomic E-state index is 5.90. The summed E-state index contributed by atoms with van der Waals surface area (Å²) in [4.78, 5) is 4.46. The smallest absolute Gasteiger partial charge is 0.161 e. The second-order valence-corrected chi connectivity index (χ2v) is 5.47. The fourth-order valence-electron chi connectivity index (χ4n) is 2.66. The van der Waals surface area contributed by atoms with Gasteiger partial charge in [0.1, 0.15) is 18.2 Å². The van der Waals surface area contributed by atoms with Gasteiger partial charge >= 0.3 is 0 Å². The Hall–Kier alpha value is -2.73. The molecular formula is C18H21N3O3. The van der Waals surface area contributed by atoms with Crippen LogP contribution in [-0.2, 0) is 13.0 Å². The topological polar surface area (TPSA) is 78.1 Å². The third-order valence-corrected chi connectivity index (χ3v) is 3.96. The first kappa shape index (κ1) is 16.1. The lowest BCUT2D eigenvalue weighted by molar-refractivity contribution is 0.303. The second-order valence-electron chi connectivity index (χ2n) is 5.47. The molecule has 0 atom stereocenters. The molecule has 0 fully saturated rings. The third-order valence-electron chi connectivity index (χ3n) is 3.96. The summed E-state index contributed by atoms with van der Waals surface area (Å²) in [5.74, 6) is 8.45. The van der Waals surface area contributed by atoms with Crippen LogP contribution in [0.25, 0.3) is 0 Å². The van der Waals surface area contributed by atoms with Crippen LogP contribution in [0.4, 0.5) is 5.69 Å². The third kappa shape index (κ3) is 3.44. The fraction of sp³-hybridized carbons (Fsp3) is 0.278. The molecule has 0 bridgehead atoms. The number of fused-ring (bicyclic) bond motifs is 1. The van der Waals surface area contributed by atoms with E-state index in [1.807, 2.05) is 36.4 Å². The van der Waals surface area contributed by atoms with Gasteiger partial charge in [-0.15, -0.1) is 0 Å². The number of aryl methyl sites for hydroxylation is 1. The molecule has 0 spiro atoms. The molecule has 1 aliphatic heterocycles. The molecule has 0 aliphatic carbocycles. The molecule has 3 N–H and O–H groups in total. The van der Waals surface area contributed by atoms with Crippen LogP contribution in [-0.4, -0.2) is 20.1 Å². The summed E-state index contributed by atoms with van der Waals surface area (Å²) in [6, 6.07) is 11.7. The molecule has 1 heterocycles. The number of nitrogens with one attached hydrogen (secondary N) is 1. The molecule has 2 aromatic rings. The number of nitrogens with two attached hydrogens (primary N) is 1. The van der Waals surface area contributed by atoms with E-state index in [2.05, 4.69) is 10.4 Å². The number of hydrogen-bond acceptors (Lipinski definition) is 6. The minimum absolute atomic E-state index is 0.456. The lowest BCUT2D eigenvalue weighted by atomic mass is 10.0. The van der Waals surface area contributed by atoms with Gasteiger partial charge in [-0.2, -0.15) is 0 Å². The van der Waals surface area contributed by atoms with E-state index in [1.54, 1.807) is 14.2 Å². The predicted octanol–water partition coefficient (Wildman–Crippen LogP) is 2.72. The van der Waals surface area contributed by atoms with Crippen molar-refractivity contribution in [3.05, 3.63) is 47.5 Å². The van der Waals surface area contributed by atoms with E-state index in [4.69, 9.17) is 20.1 Å². The fourth-order valence-corrected chi connectivity index (χ4v) is 2.66. The first-order chi connectivity index (χ1) is 11.7. The first-order valence-electron chi connectivity index (χ1n) is 7.74. The Kier molecular flexibility index (Phi) is 4.86. The average Bonchev–Trinajstić information content (AvgIpc) is 2.65. The molecule has 1 aliphatic rings. The lowest BCUT2D eigenvalue weighted by Crippen LogP contribution is -2.31. The number of nitrogens with zero attached hydrogens (tertiary/aromatic N) is 1. The standard InChI is InChI=1S/C18H21N3O3/c1-22-16-7-3-12(9-17(16)23-2)11-24-14-5-6-15-13(10-14)4-8-18(20-15)21-19/h3,5-7,9-10H,4,8,11,19H2,1-2H3,(H,20,21). The molecule has 6 heteroatoms. The van der Waals surface area contributed by atoms with E-state index in [0.29, 0.717) is 18.1 Å². The summed E-state index contributed by atoms with van der Waals surface area (Å²) in [5.41, 5.74) is 5.74. The van der Waals surface area contributed by atoms with Gasteiger partial charge in [-0.25, -0.2) is 10.8 Å². The van der Waals surface area contributed by atoms with Crippen LogP contribution in [0, 0.1) is 0 Å². The molecule has 0 radical (unpaired) electrons. The van der Waals surface area contributed by atoms with E-state index in [0.717, 1.165) is 35.7 Å². The maximum Gasteiger partial charge on any atom is 0.161 e. The highest BCUT2D eigenvalue weighted by Crippen LogP contribution is 2.31. The average molecular weight is 327 g/mol. The minimum Gasteiger partial charge on any atom is -0.493 e. The summed E-state index contributed by atoms with van der Waals surface area (Å²) in [6.07, 6.45) is 1.70. The normalized spacial score (nSPS) is 12.9. The Morgan fingerprint density at radius 1 is 1.04 bits per heavy atom. The van der Waals surface area contributed by atoms with E-state index in [1.165, 1.54) is 5.56 Å². The monoisotopic (exact) mass is 327 g/mol. The molecule has 0 saturated carbocycles. The van der Waals surface area contributed by atoms with Gasteiger partial charge in [0.25, 0.3) is 0 Å². The molecule has 6 nitrogen and oxygen atoms in total. The highest BCUT2D eigenvalue weighted by atomic mass is 16.5. The van der Waals surface area contributed by atoms with Crippen molar-refractivity contribution in [2.75, 3.05) is 14.2 Å². The van der Waals surface area contributed by atoms with Gasteiger partial charge < -0.3 is 19.6 Å². The number of methoxy groups -OCH3 is 2. The predicted molar refractivity (Wildman–Crippen MR) is 93.1 cm³/mol. The Morgan fingerprint density at radius 2 is 1.88 bits per heavy atom. The van der Waals surface area contributed by atoms with Gasteiger partial charge in [-0.3, -0.25) is 0 Å². The van der Waals surface area contributed by atoms with Crippen molar-refractivity contribution in [3.63, 3.8) is 0 Å². The summed E-state index contributed by atoms with van der Waals surface area (Å²) >= 11 is 0. The van der Waals surface area contributed by atoms with E-state index >= 15 is 0 Å². The molecular weight excluding hydrogens is 306 g/mol. The summed E-state index contributed by atoms with van der Waals surface area (Å²) in [6.45, 7) is 0.456. The highest BCUT2D eigenvalue weighted by molar-refractivity contribution is 5.86. The molecule has 126 valence electrons. The van der Waals surface area contributed by atoms with Crippen molar-refractivity contribution in [1.29, 1.82) is 0 Å². The summed E-state index contributed by atoms with van der Waals surface area (Å²) < 4.78 is 16.5. The molecule has 0 unspecified atom stereocenters. The zero-order chi connectivity index (χ0) is 16.9. The van der Waals surface area contributed by atoms with Gasteiger partial charge in [-0.1, -0.05) is 6.07 Å². The van der Waals surface area contributed by atoms with Gasteiger partial charge in [0.2, 0.25) is 0 Å². The molecule has 24 heavy (non-hydrogen) atoms. The van der Waals surface area contributed by atoms with Crippen LogP contribution in [0.3, 0.4) is 0 Å². The Morgan fingerprint density at radius 3 is 2.62 bits per heavy atom. The first-order valence-corrected chi connectivity index (χ1v) is 7.74. The van der Waals surface area contributed by atoms with E-state index < -0.39 is 0 Å². The second kappa shape index (κ2) is 7.23. The van der Waals surface area contributed by atoms with E-state index in [-0.39, 0.29) is 0 Å². The van der Waals surface area contributed by atoms with Crippen molar-refractivity contribution < 1.29 is 14.2 Å². The quantitative estimate of drug-likeness (QED) is 0.652. The molecule has 0 saturated heterocycles. The Bertz CT molecular complexity index is 759. The van der Waals surface area contributed by atoms with Crippen molar-refractivity contribution in [2.45, 2.75) is 19.4 Å².